The van der Waals surface area contributed by atoms with Crippen LogP contribution in [0.4, 0.5) is 0 Å². The lowest BCUT2D eigenvalue weighted by atomic mass is 9.65. The maximum absolute atomic E-state index is 13.2. The molecule has 1 aromatic heterocycles. The number of amides is 1. The van der Waals surface area contributed by atoms with Crippen LogP contribution in [0.5, 0.6) is 0 Å². The van der Waals surface area contributed by atoms with E-state index in [1.807, 2.05) is 69.5 Å². The number of hydrogen-bond acceptors (Lipinski definition) is 3. The molecule has 3 rings (SSSR count). The van der Waals surface area contributed by atoms with E-state index in [-0.39, 0.29) is 5.91 Å². The summed E-state index contributed by atoms with van der Waals surface area (Å²) in [5.41, 5.74) is -1.27. The van der Waals surface area contributed by atoms with E-state index in [0.29, 0.717) is 6.54 Å². The van der Waals surface area contributed by atoms with E-state index in [4.69, 9.17) is 0 Å². The average molecular weight is 432 g/mol. The number of carbonyl (C=O) groups excluding carboxylic acids is 1. The van der Waals surface area contributed by atoms with Gasteiger partial charge in [0.05, 0.1) is 15.7 Å². The zero-order valence-electron chi connectivity index (χ0n) is 15.3. The van der Waals surface area contributed by atoms with Crippen molar-refractivity contribution in [2.24, 2.45) is 10.8 Å². The van der Waals surface area contributed by atoms with Crippen LogP contribution >= 0.6 is 27.3 Å². The van der Waals surface area contributed by atoms with Crippen LogP contribution in [-0.4, -0.2) is 21.6 Å². The molecule has 1 atom stereocenters. The van der Waals surface area contributed by atoms with Gasteiger partial charge in [-0.25, -0.2) is 0 Å². The topological polar surface area (TPSA) is 40.5 Å². The maximum atomic E-state index is 13.2. The first-order valence-electron chi connectivity index (χ1n) is 8.46. The number of aliphatic hydroxyl groups is 1. The van der Waals surface area contributed by atoms with Crippen molar-refractivity contribution >= 4 is 33.2 Å². The van der Waals surface area contributed by atoms with Crippen molar-refractivity contribution in [3.05, 3.63) is 56.7 Å². The fourth-order valence-electron chi connectivity index (χ4n) is 3.22. The zero-order valence-corrected chi connectivity index (χ0v) is 17.7. The van der Waals surface area contributed by atoms with E-state index in [9.17, 15) is 9.90 Å². The minimum absolute atomic E-state index is 0.0922. The molecule has 0 aliphatic carbocycles. The standard InChI is InChI=1S/C21H22BrNO2S/c1-19(2)18(24)23(14-16-11-13-26-17(16)22)21(25,20(19,3)4)12-10-15-8-6-5-7-9-15/h5-9,11,13,25H,14H2,1-4H3. The van der Waals surface area contributed by atoms with Crippen molar-refractivity contribution < 1.29 is 9.90 Å². The SMILES string of the molecule is CC1(C)C(=O)N(Cc2ccsc2Br)C(O)(C#Cc2ccccc2)C1(C)C. The summed E-state index contributed by atoms with van der Waals surface area (Å²) in [5.74, 6) is 6.00. The fourth-order valence-corrected chi connectivity index (χ4v) is 4.43. The van der Waals surface area contributed by atoms with Crippen LogP contribution in [0.3, 0.4) is 0 Å². The van der Waals surface area contributed by atoms with Gasteiger partial charge in [0.25, 0.3) is 0 Å². The molecule has 5 heteroatoms. The van der Waals surface area contributed by atoms with Crippen molar-refractivity contribution in [1.29, 1.82) is 0 Å². The number of nitrogens with zero attached hydrogens (tertiary/aromatic N) is 1. The second-order valence-corrected chi connectivity index (χ2v) is 9.88. The van der Waals surface area contributed by atoms with E-state index < -0.39 is 16.6 Å². The van der Waals surface area contributed by atoms with E-state index in [1.165, 1.54) is 4.90 Å². The number of thiophene rings is 1. The molecule has 1 aliphatic heterocycles. The number of hydrogen-bond donors (Lipinski definition) is 1. The van der Waals surface area contributed by atoms with Gasteiger partial charge in [0.15, 0.2) is 0 Å². The Balaban J connectivity index is 2.09. The Bertz CT molecular complexity index is 891. The van der Waals surface area contributed by atoms with Gasteiger partial charge >= 0.3 is 0 Å². The molecule has 1 N–H and O–H groups in total. The Morgan fingerprint density at radius 1 is 1.15 bits per heavy atom. The van der Waals surface area contributed by atoms with Crippen LogP contribution in [0.15, 0.2) is 45.6 Å². The van der Waals surface area contributed by atoms with Gasteiger partial charge in [-0.3, -0.25) is 9.69 Å². The van der Waals surface area contributed by atoms with E-state index in [0.717, 1.165) is 14.9 Å². The highest BCUT2D eigenvalue weighted by atomic mass is 79.9. The summed E-state index contributed by atoms with van der Waals surface area (Å²) in [7, 11) is 0. The number of halogens is 1. The summed E-state index contributed by atoms with van der Waals surface area (Å²) in [6, 6.07) is 11.5. The molecule has 0 radical (unpaired) electrons. The minimum atomic E-state index is -1.56. The average Bonchev–Trinajstić information content (AvgIpc) is 3.05. The molecule has 0 spiro atoms. The quantitative estimate of drug-likeness (QED) is 0.703. The van der Waals surface area contributed by atoms with Gasteiger partial charge in [0, 0.05) is 11.0 Å². The molecule has 26 heavy (non-hydrogen) atoms. The summed E-state index contributed by atoms with van der Waals surface area (Å²) in [6.07, 6.45) is 0. The Labute approximate surface area is 167 Å². The molecule has 1 aromatic carbocycles. The second-order valence-electron chi connectivity index (χ2n) is 7.65. The van der Waals surface area contributed by atoms with Crippen LogP contribution in [0.25, 0.3) is 0 Å². The highest BCUT2D eigenvalue weighted by Crippen LogP contribution is 2.56. The summed E-state index contributed by atoms with van der Waals surface area (Å²) >= 11 is 5.09. The van der Waals surface area contributed by atoms with E-state index >= 15 is 0 Å². The predicted octanol–water partition coefficient (Wildman–Crippen LogP) is 4.65. The van der Waals surface area contributed by atoms with E-state index in [1.54, 1.807) is 11.3 Å². The molecular formula is C21H22BrNO2S. The first-order valence-corrected chi connectivity index (χ1v) is 10.1. The lowest BCUT2D eigenvalue weighted by Crippen LogP contribution is -2.52. The normalized spacial score (nSPS) is 23.6. The largest absolute Gasteiger partial charge is 0.360 e. The number of likely N-dealkylation sites (tertiary alicyclic amines) is 1. The molecule has 1 aliphatic rings. The second kappa shape index (κ2) is 6.53. The molecule has 1 fully saturated rings. The molecule has 0 saturated carbocycles. The molecule has 1 amide bonds. The Morgan fingerprint density at radius 3 is 2.38 bits per heavy atom. The molecule has 1 saturated heterocycles. The van der Waals surface area contributed by atoms with Gasteiger partial charge < -0.3 is 5.11 Å². The third-order valence-electron chi connectivity index (χ3n) is 5.78. The summed E-state index contributed by atoms with van der Waals surface area (Å²) in [6.45, 7) is 7.90. The number of benzene rings is 1. The number of carbonyl (C=O) groups is 1. The summed E-state index contributed by atoms with van der Waals surface area (Å²) in [5, 5.41) is 13.6. The monoisotopic (exact) mass is 431 g/mol. The van der Waals surface area contributed by atoms with Crippen molar-refractivity contribution in [1.82, 2.24) is 4.90 Å². The lowest BCUT2D eigenvalue weighted by Gasteiger charge is -2.40. The Morgan fingerprint density at radius 2 is 1.81 bits per heavy atom. The van der Waals surface area contributed by atoms with Gasteiger partial charge in [-0.2, -0.15) is 0 Å². The molecule has 136 valence electrons. The lowest BCUT2D eigenvalue weighted by molar-refractivity contribution is -0.144. The van der Waals surface area contributed by atoms with Crippen LogP contribution in [0.2, 0.25) is 0 Å². The van der Waals surface area contributed by atoms with Crippen molar-refractivity contribution in [3.8, 4) is 11.8 Å². The van der Waals surface area contributed by atoms with Crippen LogP contribution in [-0.2, 0) is 11.3 Å². The molecular weight excluding hydrogens is 410 g/mol. The minimum Gasteiger partial charge on any atom is -0.360 e. The van der Waals surface area contributed by atoms with Gasteiger partial charge in [-0.05, 0) is 51.0 Å². The van der Waals surface area contributed by atoms with Crippen molar-refractivity contribution in [2.45, 2.75) is 40.0 Å². The summed E-state index contributed by atoms with van der Waals surface area (Å²) in [4.78, 5) is 14.7. The first-order chi connectivity index (χ1) is 12.1. The predicted molar refractivity (Wildman–Crippen MR) is 108 cm³/mol. The molecule has 0 bridgehead atoms. The zero-order chi connectivity index (χ0) is 19.2. The van der Waals surface area contributed by atoms with Gasteiger partial charge in [0.2, 0.25) is 11.6 Å². The fraction of sp³-hybridized carbons (Fsp3) is 0.381. The van der Waals surface area contributed by atoms with Gasteiger partial charge in [-0.1, -0.05) is 51.8 Å². The smallest absolute Gasteiger partial charge is 0.232 e. The van der Waals surface area contributed by atoms with Crippen LogP contribution in [0.1, 0.15) is 38.8 Å². The highest BCUT2D eigenvalue weighted by molar-refractivity contribution is 9.11. The third kappa shape index (κ3) is 2.81. The first kappa shape index (κ1) is 19.2. The Kier molecular flexibility index (Phi) is 4.81. The molecule has 1 unspecified atom stereocenters. The van der Waals surface area contributed by atoms with Crippen LogP contribution < -0.4 is 0 Å². The number of rotatable bonds is 2. The molecule has 2 heterocycles. The van der Waals surface area contributed by atoms with Gasteiger partial charge in [-0.15, -0.1) is 11.3 Å². The Hall–Kier alpha value is -1.61. The molecule has 2 aromatic rings. The third-order valence-corrected chi connectivity index (χ3v) is 7.59. The van der Waals surface area contributed by atoms with Crippen molar-refractivity contribution in [2.75, 3.05) is 0 Å². The maximum Gasteiger partial charge on any atom is 0.232 e. The van der Waals surface area contributed by atoms with Crippen LogP contribution in [0, 0.1) is 22.7 Å². The van der Waals surface area contributed by atoms with Crippen molar-refractivity contribution in [3.63, 3.8) is 0 Å². The van der Waals surface area contributed by atoms with Gasteiger partial charge in [0.1, 0.15) is 0 Å². The summed E-state index contributed by atoms with van der Waals surface area (Å²) < 4.78 is 0.964. The highest BCUT2D eigenvalue weighted by Gasteiger charge is 2.67. The molecule has 3 nitrogen and oxygen atoms in total. The van der Waals surface area contributed by atoms with E-state index in [2.05, 4.69) is 27.8 Å².